The second-order valence-corrected chi connectivity index (χ2v) is 4.94. The Bertz CT molecular complexity index is 721. The lowest BCUT2D eigenvalue weighted by Gasteiger charge is -2.08. The molecule has 1 heterocycles. The molecule has 0 unspecified atom stereocenters. The second kappa shape index (κ2) is 12.7. The van der Waals surface area contributed by atoms with Crippen LogP contribution in [0.4, 0.5) is 11.5 Å². The predicted octanol–water partition coefficient (Wildman–Crippen LogP) is 5.71. The highest BCUT2D eigenvalue weighted by molar-refractivity contribution is 6.32. The Morgan fingerprint density at radius 1 is 1.19 bits per heavy atom. The van der Waals surface area contributed by atoms with Crippen LogP contribution < -0.4 is 4.74 Å². The number of halogens is 1. The van der Waals surface area contributed by atoms with Gasteiger partial charge in [-0.2, -0.15) is 0 Å². The lowest BCUT2D eigenvalue weighted by atomic mass is 10.3. The Hall–Kier alpha value is -2.67. The van der Waals surface area contributed by atoms with E-state index in [1.54, 1.807) is 29.6 Å². The number of hydrogen-bond donors (Lipinski definition) is 0. The molecule has 1 aromatic carbocycles. The van der Waals surface area contributed by atoms with Crippen LogP contribution in [-0.4, -0.2) is 35.2 Å². The Morgan fingerprint density at radius 3 is 2.38 bits per heavy atom. The molecule has 2 aromatic rings. The van der Waals surface area contributed by atoms with Crippen molar-refractivity contribution >= 4 is 29.4 Å². The number of nitro benzene ring substituents is 1. The quantitative estimate of drug-likeness (QED) is 0.287. The van der Waals surface area contributed by atoms with Gasteiger partial charge < -0.3 is 9.64 Å². The summed E-state index contributed by atoms with van der Waals surface area (Å²) >= 11 is 5.98. The highest BCUT2D eigenvalue weighted by atomic mass is 35.5. The van der Waals surface area contributed by atoms with Crippen molar-refractivity contribution in [3.63, 3.8) is 0 Å². The Labute approximate surface area is 159 Å². The molecule has 0 N–H and O–H groups in total. The van der Waals surface area contributed by atoms with E-state index in [2.05, 4.69) is 9.98 Å². The number of pyridine rings is 1. The normalized spacial score (nSPS) is 9.50. The van der Waals surface area contributed by atoms with Crippen LogP contribution in [0.3, 0.4) is 0 Å². The zero-order valence-corrected chi connectivity index (χ0v) is 16.7. The first kappa shape index (κ1) is 23.3. The summed E-state index contributed by atoms with van der Waals surface area (Å²) in [6.07, 6.45) is 3.17. The number of rotatable bonds is 5. The lowest BCUT2D eigenvalue weighted by molar-refractivity contribution is -0.384. The van der Waals surface area contributed by atoms with Crippen molar-refractivity contribution in [2.24, 2.45) is 4.99 Å². The van der Waals surface area contributed by atoms with E-state index < -0.39 is 4.92 Å². The van der Waals surface area contributed by atoms with Crippen LogP contribution in [-0.2, 0) is 0 Å². The molecule has 0 radical (unpaired) electrons. The van der Waals surface area contributed by atoms with E-state index in [-0.39, 0.29) is 10.7 Å². The number of nitro groups is 1. The molecule has 0 bridgehead atoms. The molecule has 0 fully saturated rings. The van der Waals surface area contributed by atoms with Crippen LogP contribution in [0.5, 0.6) is 11.5 Å². The first-order valence-corrected chi connectivity index (χ1v) is 8.62. The third-order valence-corrected chi connectivity index (χ3v) is 2.79. The predicted molar refractivity (Wildman–Crippen MR) is 107 cm³/mol. The number of aliphatic imine (C=N–C) groups is 1. The van der Waals surface area contributed by atoms with E-state index >= 15 is 0 Å². The van der Waals surface area contributed by atoms with Crippen molar-refractivity contribution in [2.45, 2.75) is 27.7 Å². The monoisotopic (exact) mass is 380 g/mol. The van der Waals surface area contributed by atoms with Crippen molar-refractivity contribution < 1.29 is 9.66 Å². The van der Waals surface area contributed by atoms with Crippen molar-refractivity contribution in [3.05, 3.63) is 51.7 Å². The fraction of sp³-hybridized carbons (Fsp3) is 0.333. The topological polar surface area (TPSA) is 80.9 Å². The Kier molecular flexibility index (Phi) is 11.4. The van der Waals surface area contributed by atoms with Gasteiger partial charge in [0.1, 0.15) is 11.5 Å². The molecule has 2 rings (SSSR count). The number of nitrogens with zero attached hydrogens (tertiary/aromatic N) is 4. The molecule has 0 amide bonds. The van der Waals surface area contributed by atoms with Gasteiger partial charge in [0.15, 0.2) is 5.82 Å². The second-order valence-electron chi connectivity index (χ2n) is 4.53. The van der Waals surface area contributed by atoms with Gasteiger partial charge in [-0.15, -0.1) is 0 Å². The average Bonchev–Trinajstić information content (AvgIpc) is 2.65. The van der Waals surface area contributed by atoms with E-state index in [0.29, 0.717) is 17.3 Å². The molecule has 0 saturated heterocycles. The minimum Gasteiger partial charge on any atom is -0.456 e. The zero-order valence-electron chi connectivity index (χ0n) is 15.9. The van der Waals surface area contributed by atoms with Gasteiger partial charge in [0.05, 0.1) is 16.3 Å². The van der Waals surface area contributed by atoms with Crippen LogP contribution in [0.25, 0.3) is 0 Å². The number of benzene rings is 1. The van der Waals surface area contributed by atoms with Crippen molar-refractivity contribution in [3.8, 4) is 11.5 Å². The highest BCUT2D eigenvalue weighted by Crippen LogP contribution is 2.32. The van der Waals surface area contributed by atoms with Crippen LogP contribution in [0.15, 0.2) is 41.5 Å². The van der Waals surface area contributed by atoms with Gasteiger partial charge in [-0.3, -0.25) is 10.1 Å². The van der Waals surface area contributed by atoms with Crippen molar-refractivity contribution in [1.82, 2.24) is 9.88 Å². The Morgan fingerprint density at radius 2 is 1.85 bits per heavy atom. The van der Waals surface area contributed by atoms with E-state index in [0.717, 1.165) is 0 Å². The van der Waals surface area contributed by atoms with Crippen LogP contribution in [0.1, 0.15) is 27.7 Å². The molecular weight excluding hydrogens is 356 g/mol. The SMILES string of the molecule is CC.CC.CN(C)C=Nc1cc(Oc2ccc([N+](=O)[O-])cc2Cl)ccn1. The van der Waals surface area contributed by atoms with E-state index in [4.69, 9.17) is 16.3 Å². The zero-order chi connectivity index (χ0) is 20.1. The highest BCUT2D eigenvalue weighted by Gasteiger charge is 2.11. The standard InChI is InChI=1S/C14H13ClN4O3.2C2H6/c1-18(2)9-17-14-8-11(5-6-16-14)22-13-4-3-10(19(20)21)7-12(13)15;2*1-2/h3-9H,1-2H3;2*1-2H3. The van der Waals surface area contributed by atoms with Gasteiger partial charge >= 0.3 is 0 Å². The molecule has 1 aromatic heterocycles. The molecule has 142 valence electrons. The van der Waals surface area contributed by atoms with E-state index in [1.165, 1.54) is 18.2 Å². The molecular formula is C18H25ClN4O3. The fourth-order valence-corrected chi connectivity index (χ4v) is 1.73. The van der Waals surface area contributed by atoms with Gasteiger partial charge in [-0.25, -0.2) is 9.98 Å². The van der Waals surface area contributed by atoms with Gasteiger partial charge in [0, 0.05) is 38.5 Å². The summed E-state index contributed by atoms with van der Waals surface area (Å²) in [4.78, 5) is 20.2. The maximum atomic E-state index is 10.7. The molecule has 0 atom stereocenters. The molecule has 0 saturated carbocycles. The van der Waals surface area contributed by atoms with Crippen LogP contribution in [0.2, 0.25) is 5.02 Å². The first-order valence-electron chi connectivity index (χ1n) is 8.24. The number of non-ortho nitro benzene ring substituents is 1. The summed E-state index contributed by atoms with van der Waals surface area (Å²) in [5.74, 6) is 1.28. The van der Waals surface area contributed by atoms with Crippen molar-refractivity contribution in [1.29, 1.82) is 0 Å². The van der Waals surface area contributed by atoms with Gasteiger partial charge in [-0.05, 0) is 12.1 Å². The smallest absolute Gasteiger partial charge is 0.271 e. The summed E-state index contributed by atoms with van der Waals surface area (Å²) in [5, 5.41) is 10.8. The van der Waals surface area contributed by atoms with Gasteiger partial charge in [-0.1, -0.05) is 39.3 Å². The fourth-order valence-electron chi connectivity index (χ4n) is 1.52. The summed E-state index contributed by atoms with van der Waals surface area (Å²) in [7, 11) is 3.70. The van der Waals surface area contributed by atoms with Gasteiger partial charge in [0.25, 0.3) is 5.69 Å². The van der Waals surface area contributed by atoms with Crippen LogP contribution >= 0.6 is 11.6 Å². The maximum absolute atomic E-state index is 10.7. The third-order valence-electron chi connectivity index (χ3n) is 2.49. The largest absolute Gasteiger partial charge is 0.456 e. The first-order chi connectivity index (χ1) is 12.5. The minimum absolute atomic E-state index is 0.0941. The average molecular weight is 381 g/mol. The molecule has 8 heteroatoms. The number of aromatic nitrogens is 1. The van der Waals surface area contributed by atoms with Crippen LogP contribution in [0, 0.1) is 10.1 Å². The van der Waals surface area contributed by atoms with E-state index in [9.17, 15) is 10.1 Å². The third kappa shape index (κ3) is 7.94. The summed E-state index contributed by atoms with van der Waals surface area (Å²) in [6, 6.07) is 7.30. The molecule has 0 aliphatic heterocycles. The van der Waals surface area contributed by atoms with E-state index in [1.807, 2.05) is 41.8 Å². The lowest BCUT2D eigenvalue weighted by Crippen LogP contribution is -2.07. The molecule has 0 spiro atoms. The maximum Gasteiger partial charge on any atom is 0.271 e. The summed E-state index contributed by atoms with van der Waals surface area (Å²) in [6.45, 7) is 8.00. The summed E-state index contributed by atoms with van der Waals surface area (Å²) < 4.78 is 5.61. The number of ether oxygens (including phenoxy) is 1. The van der Waals surface area contributed by atoms with Crippen molar-refractivity contribution in [2.75, 3.05) is 14.1 Å². The molecule has 0 aliphatic carbocycles. The minimum atomic E-state index is -0.518. The molecule has 26 heavy (non-hydrogen) atoms. The molecule has 7 nitrogen and oxygen atoms in total. The summed E-state index contributed by atoms with van der Waals surface area (Å²) in [5.41, 5.74) is -0.0941. The Balaban J connectivity index is 0.00000146. The van der Waals surface area contributed by atoms with Gasteiger partial charge in [0.2, 0.25) is 0 Å². The molecule has 0 aliphatic rings. The number of hydrogen-bond acceptors (Lipinski definition) is 5.